The molecule has 0 radical (unpaired) electrons. The SMILES string of the molecule is O=C(Cn1ncc2ccccc2c1=O)Nc1ccccc1Br. The van der Waals surface area contributed by atoms with Crippen LogP contribution in [-0.4, -0.2) is 15.7 Å². The van der Waals surface area contributed by atoms with Crippen molar-refractivity contribution in [2.45, 2.75) is 6.54 Å². The standard InChI is InChI=1S/C16H12BrN3O2/c17-13-7-3-4-8-14(13)19-15(21)10-20-16(22)12-6-2-1-5-11(12)9-18-20/h1-9H,10H2,(H,19,21). The second-order valence-electron chi connectivity index (χ2n) is 4.72. The van der Waals surface area contributed by atoms with Gasteiger partial charge in [-0.3, -0.25) is 9.59 Å². The highest BCUT2D eigenvalue weighted by molar-refractivity contribution is 9.10. The van der Waals surface area contributed by atoms with Crippen LogP contribution in [0.4, 0.5) is 5.69 Å². The fraction of sp³-hybridized carbons (Fsp3) is 0.0625. The van der Waals surface area contributed by atoms with E-state index in [4.69, 9.17) is 0 Å². The maximum Gasteiger partial charge on any atom is 0.275 e. The molecular formula is C16H12BrN3O2. The van der Waals surface area contributed by atoms with E-state index in [0.29, 0.717) is 11.1 Å². The maximum absolute atomic E-state index is 12.3. The van der Waals surface area contributed by atoms with Crippen LogP contribution in [0.3, 0.4) is 0 Å². The van der Waals surface area contributed by atoms with Crippen molar-refractivity contribution in [1.82, 2.24) is 9.78 Å². The minimum Gasteiger partial charge on any atom is -0.323 e. The van der Waals surface area contributed by atoms with E-state index in [1.807, 2.05) is 30.3 Å². The van der Waals surface area contributed by atoms with Crippen LogP contribution in [0.15, 0.2) is 64.0 Å². The predicted molar refractivity (Wildman–Crippen MR) is 88.8 cm³/mol. The lowest BCUT2D eigenvalue weighted by molar-refractivity contribution is -0.117. The summed E-state index contributed by atoms with van der Waals surface area (Å²) in [4.78, 5) is 24.4. The minimum atomic E-state index is -0.309. The van der Waals surface area contributed by atoms with Gasteiger partial charge in [0, 0.05) is 9.86 Å². The number of nitrogens with one attached hydrogen (secondary N) is 1. The quantitative estimate of drug-likeness (QED) is 0.783. The molecule has 5 nitrogen and oxygen atoms in total. The van der Waals surface area contributed by atoms with E-state index in [0.717, 1.165) is 14.5 Å². The van der Waals surface area contributed by atoms with E-state index in [9.17, 15) is 9.59 Å². The molecule has 0 aliphatic carbocycles. The third kappa shape index (κ3) is 2.92. The van der Waals surface area contributed by atoms with E-state index in [1.54, 1.807) is 24.4 Å². The van der Waals surface area contributed by atoms with Gasteiger partial charge >= 0.3 is 0 Å². The van der Waals surface area contributed by atoms with Gasteiger partial charge < -0.3 is 5.32 Å². The zero-order chi connectivity index (χ0) is 15.5. The number of aromatic nitrogens is 2. The van der Waals surface area contributed by atoms with Crippen LogP contribution >= 0.6 is 15.9 Å². The molecule has 0 unspecified atom stereocenters. The molecule has 1 aromatic heterocycles. The number of rotatable bonds is 3. The molecular weight excluding hydrogens is 346 g/mol. The van der Waals surface area contributed by atoms with Crippen LogP contribution in [0.5, 0.6) is 0 Å². The van der Waals surface area contributed by atoms with Gasteiger partial charge in [0.05, 0.1) is 17.3 Å². The summed E-state index contributed by atoms with van der Waals surface area (Å²) in [5.41, 5.74) is 0.377. The molecule has 6 heteroatoms. The van der Waals surface area contributed by atoms with Gasteiger partial charge in [0.25, 0.3) is 5.56 Å². The van der Waals surface area contributed by atoms with Gasteiger partial charge in [-0.2, -0.15) is 5.10 Å². The number of hydrogen-bond acceptors (Lipinski definition) is 3. The molecule has 0 saturated carbocycles. The summed E-state index contributed by atoms with van der Waals surface area (Å²) in [6.07, 6.45) is 1.59. The van der Waals surface area contributed by atoms with Crippen LogP contribution in [0.2, 0.25) is 0 Å². The number of fused-ring (bicyclic) bond motifs is 1. The van der Waals surface area contributed by atoms with E-state index >= 15 is 0 Å². The third-order valence-electron chi connectivity index (χ3n) is 3.20. The van der Waals surface area contributed by atoms with Crippen LogP contribution < -0.4 is 10.9 Å². The number of anilines is 1. The molecule has 22 heavy (non-hydrogen) atoms. The van der Waals surface area contributed by atoms with Crippen LogP contribution in [0.1, 0.15) is 0 Å². The Bertz CT molecular complexity index is 905. The summed E-state index contributed by atoms with van der Waals surface area (Å²) in [6.45, 7) is -0.134. The van der Waals surface area contributed by atoms with Gasteiger partial charge in [-0.25, -0.2) is 4.68 Å². The molecule has 1 N–H and O–H groups in total. The van der Waals surface area contributed by atoms with Crippen molar-refractivity contribution in [2.24, 2.45) is 0 Å². The second kappa shape index (κ2) is 6.11. The lowest BCUT2D eigenvalue weighted by Gasteiger charge is -2.08. The molecule has 2 aromatic carbocycles. The van der Waals surface area contributed by atoms with Gasteiger partial charge in [0.15, 0.2) is 0 Å². The Kier molecular flexibility index (Phi) is 4.02. The highest BCUT2D eigenvalue weighted by Gasteiger charge is 2.09. The van der Waals surface area contributed by atoms with Crippen molar-refractivity contribution in [1.29, 1.82) is 0 Å². The van der Waals surface area contributed by atoms with E-state index < -0.39 is 0 Å². The van der Waals surface area contributed by atoms with Crippen molar-refractivity contribution in [3.05, 3.63) is 69.6 Å². The second-order valence-corrected chi connectivity index (χ2v) is 5.58. The molecule has 0 saturated heterocycles. The van der Waals surface area contributed by atoms with E-state index in [-0.39, 0.29) is 18.0 Å². The molecule has 0 bridgehead atoms. The minimum absolute atomic E-state index is 0.134. The first-order valence-corrected chi connectivity index (χ1v) is 7.44. The molecule has 0 atom stereocenters. The average molecular weight is 358 g/mol. The van der Waals surface area contributed by atoms with Crippen LogP contribution in [0.25, 0.3) is 10.8 Å². The first kappa shape index (κ1) is 14.5. The van der Waals surface area contributed by atoms with Crippen LogP contribution in [-0.2, 0) is 11.3 Å². The molecule has 1 heterocycles. The van der Waals surface area contributed by atoms with Crippen molar-refractivity contribution in [3.63, 3.8) is 0 Å². The van der Waals surface area contributed by atoms with Crippen molar-refractivity contribution < 1.29 is 4.79 Å². The molecule has 0 aliphatic heterocycles. The first-order chi connectivity index (χ1) is 10.6. The first-order valence-electron chi connectivity index (χ1n) is 6.64. The van der Waals surface area contributed by atoms with Crippen molar-refractivity contribution >= 4 is 38.3 Å². The number of halogens is 1. The normalized spacial score (nSPS) is 10.6. The highest BCUT2D eigenvalue weighted by Crippen LogP contribution is 2.21. The zero-order valence-corrected chi connectivity index (χ0v) is 13.1. The molecule has 110 valence electrons. The number of benzene rings is 2. The highest BCUT2D eigenvalue weighted by atomic mass is 79.9. The Morgan fingerprint density at radius 1 is 1.14 bits per heavy atom. The van der Waals surface area contributed by atoms with Crippen molar-refractivity contribution in [3.8, 4) is 0 Å². The number of carbonyl (C=O) groups excluding carboxylic acids is 1. The number of nitrogens with zero attached hydrogens (tertiary/aromatic N) is 2. The van der Waals surface area contributed by atoms with Gasteiger partial charge in [-0.15, -0.1) is 0 Å². The van der Waals surface area contributed by atoms with Crippen molar-refractivity contribution in [2.75, 3.05) is 5.32 Å². The van der Waals surface area contributed by atoms with Gasteiger partial charge in [0.2, 0.25) is 5.91 Å². The van der Waals surface area contributed by atoms with Crippen LogP contribution in [0, 0.1) is 0 Å². The predicted octanol–water partition coefficient (Wildman–Crippen LogP) is 2.80. The van der Waals surface area contributed by atoms with Gasteiger partial charge in [0.1, 0.15) is 6.54 Å². The molecule has 0 fully saturated rings. The van der Waals surface area contributed by atoms with E-state index in [1.165, 1.54) is 0 Å². The summed E-state index contributed by atoms with van der Waals surface area (Å²) in [5, 5.41) is 8.10. The van der Waals surface area contributed by atoms with E-state index in [2.05, 4.69) is 26.3 Å². The number of carbonyl (C=O) groups is 1. The molecule has 3 aromatic rings. The monoisotopic (exact) mass is 357 g/mol. The Labute approximate surface area is 134 Å². The number of hydrogen-bond donors (Lipinski definition) is 1. The summed E-state index contributed by atoms with van der Waals surface area (Å²) < 4.78 is 1.94. The molecule has 0 aliphatic rings. The van der Waals surface area contributed by atoms with Gasteiger partial charge in [-0.05, 0) is 34.1 Å². The average Bonchev–Trinajstić information content (AvgIpc) is 2.53. The molecule has 3 rings (SSSR count). The lowest BCUT2D eigenvalue weighted by atomic mass is 10.2. The summed E-state index contributed by atoms with van der Waals surface area (Å²) in [6, 6.07) is 14.4. The van der Waals surface area contributed by atoms with Gasteiger partial charge in [-0.1, -0.05) is 30.3 Å². The Morgan fingerprint density at radius 3 is 2.68 bits per heavy atom. The third-order valence-corrected chi connectivity index (χ3v) is 3.89. The number of amides is 1. The number of para-hydroxylation sites is 1. The smallest absolute Gasteiger partial charge is 0.275 e. The molecule has 1 amide bonds. The topological polar surface area (TPSA) is 64.0 Å². The maximum atomic E-state index is 12.3. The Hall–Kier alpha value is -2.47. The summed E-state index contributed by atoms with van der Waals surface area (Å²) >= 11 is 3.36. The fourth-order valence-corrected chi connectivity index (χ4v) is 2.51. The Morgan fingerprint density at radius 2 is 1.86 bits per heavy atom. The Balaban J connectivity index is 1.84. The zero-order valence-electron chi connectivity index (χ0n) is 11.5. The summed E-state index contributed by atoms with van der Waals surface area (Å²) in [5.74, 6) is -0.309. The fourth-order valence-electron chi connectivity index (χ4n) is 2.13. The summed E-state index contributed by atoms with van der Waals surface area (Å²) in [7, 11) is 0. The molecule has 0 spiro atoms. The largest absolute Gasteiger partial charge is 0.323 e. The lowest BCUT2D eigenvalue weighted by Crippen LogP contribution is -2.29.